The summed E-state index contributed by atoms with van der Waals surface area (Å²) in [6.07, 6.45) is 0. The maximum absolute atomic E-state index is 13.1. The number of carbonyl (C=O) groups excluding carboxylic acids is 1. The molecule has 13 heteroatoms. The van der Waals surface area contributed by atoms with Gasteiger partial charge in [0, 0.05) is 29.3 Å². The number of benzene rings is 2. The van der Waals surface area contributed by atoms with Gasteiger partial charge in [0.1, 0.15) is 4.21 Å². The van der Waals surface area contributed by atoms with Crippen LogP contribution in [0.1, 0.15) is 4.88 Å². The Bertz CT molecular complexity index is 1670. The summed E-state index contributed by atoms with van der Waals surface area (Å²) in [7, 11) is -0.0570. The molecule has 4 aromatic rings. The van der Waals surface area contributed by atoms with Crippen LogP contribution in [-0.2, 0) is 10.0 Å². The van der Waals surface area contributed by atoms with E-state index in [2.05, 4.69) is 15.6 Å². The van der Waals surface area contributed by atoms with Crippen LogP contribution >= 0.6 is 11.3 Å². The fraction of sp³-hybridized carbons (Fsp3) is 0.208. The highest BCUT2D eigenvalue weighted by Crippen LogP contribution is 2.20. The lowest BCUT2D eigenvalue weighted by atomic mass is 10.2. The average molecular weight is 543 g/mol. The van der Waals surface area contributed by atoms with Gasteiger partial charge in [0.2, 0.25) is 0 Å². The molecule has 37 heavy (non-hydrogen) atoms. The number of nitrogens with one attached hydrogen (secondary N) is 4. The minimum absolute atomic E-state index is 0.0295. The third-order valence-electron chi connectivity index (χ3n) is 5.38. The number of fused-ring (bicyclic) bond motifs is 1. The summed E-state index contributed by atoms with van der Waals surface area (Å²) in [4.78, 5) is 43.7. The number of likely N-dealkylation sites (N-methyl/N-ethyl adjacent to an activating group) is 1. The molecular weight excluding hydrogens is 516 g/mol. The summed E-state index contributed by atoms with van der Waals surface area (Å²) >= 11 is 1.05. The van der Waals surface area contributed by atoms with E-state index in [1.165, 1.54) is 30.3 Å². The number of rotatable bonds is 8. The molecule has 0 aliphatic carbocycles. The molecule has 194 valence electrons. The third kappa shape index (κ3) is 6.07. The quantitative estimate of drug-likeness (QED) is 0.268. The molecule has 2 aromatic carbocycles. The van der Waals surface area contributed by atoms with Crippen molar-refractivity contribution in [1.29, 1.82) is 0 Å². The summed E-state index contributed by atoms with van der Waals surface area (Å²) in [5.41, 5.74) is 0.657. The number of nitrogens with zero attached hydrogens (tertiary/aromatic N) is 2. The predicted molar refractivity (Wildman–Crippen MR) is 146 cm³/mol. The Morgan fingerprint density at radius 3 is 2.38 bits per heavy atom. The summed E-state index contributed by atoms with van der Waals surface area (Å²) in [6.45, 7) is 3.30. The molecule has 0 unspecified atom stereocenters. The van der Waals surface area contributed by atoms with Gasteiger partial charge in [-0.3, -0.25) is 4.79 Å². The van der Waals surface area contributed by atoms with E-state index < -0.39 is 27.3 Å². The van der Waals surface area contributed by atoms with Gasteiger partial charge in [0.25, 0.3) is 15.6 Å². The molecule has 4 N–H and O–H groups in total. The van der Waals surface area contributed by atoms with Gasteiger partial charge in [-0.1, -0.05) is 0 Å². The van der Waals surface area contributed by atoms with Gasteiger partial charge in [-0.05, 0) is 75.6 Å². The molecule has 2 heterocycles. The number of hydrogen-bond donors (Lipinski definition) is 4. The van der Waals surface area contributed by atoms with Crippen LogP contribution in [0.15, 0.2) is 68.4 Å². The van der Waals surface area contributed by atoms with E-state index in [1.807, 2.05) is 23.7 Å². The number of aromatic nitrogens is 2. The first-order valence-electron chi connectivity index (χ1n) is 11.2. The smallest absolute Gasteiger partial charge is 0.333 e. The number of sulfonamides is 1. The standard InChI is InChI=1S/C24H26N6O5S2/c1-15-4-11-21(36-15)37(34,35)28-23(32)26-16-5-8-18(9-6-16)30-22(31)19-10-7-17(25-12-13-29(2)3)14-20(19)27-24(30)33/h4-11,14,25H,12-13H2,1-3H3,(H,27,33)(H2,26,28,32). The fourth-order valence-electron chi connectivity index (χ4n) is 3.57. The molecule has 0 fully saturated rings. The maximum atomic E-state index is 13.1. The normalized spacial score (nSPS) is 11.6. The van der Waals surface area contributed by atoms with Crippen LogP contribution in [-0.4, -0.2) is 56.1 Å². The minimum atomic E-state index is -4.00. The lowest BCUT2D eigenvalue weighted by Crippen LogP contribution is -2.34. The Kier molecular flexibility index (Phi) is 7.47. The minimum Gasteiger partial charge on any atom is -0.384 e. The number of hydrogen-bond acceptors (Lipinski definition) is 8. The second kappa shape index (κ2) is 10.6. The van der Waals surface area contributed by atoms with Gasteiger partial charge in [0.15, 0.2) is 0 Å². The summed E-state index contributed by atoms with van der Waals surface area (Å²) in [5.74, 6) is 0. The highest BCUT2D eigenvalue weighted by molar-refractivity contribution is 7.92. The first-order valence-corrected chi connectivity index (χ1v) is 13.5. The summed E-state index contributed by atoms with van der Waals surface area (Å²) < 4.78 is 27.6. The van der Waals surface area contributed by atoms with Crippen molar-refractivity contribution in [3.8, 4) is 5.69 Å². The summed E-state index contributed by atoms with van der Waals surface area (Å²) in [5, 5.41) is 6.03. The second-order valence-electron chi connectivity index (χ2n) is 8.53. The molecule has 0 saturated heterocycles. The van der Waals surface area contributed by atoms with Gasteiger partial charge >= 0.3 is 11.7 Å². The Labute approximate surface area is 216 Å². The van der Waals surface area contributed by atoms with Crippen LogP contribution in [0.3, 0.4) is 0 Å². The molecule has 2 amide bonds. The highest BCUT2D eigenvalue weighted by atomic mass is 32.2. The second-order valence-corrected chi connectivity index (χ2v) is 11.7. The van der Waals surface area contributed by atoms with Crippen molar-refractivity contribution in [3.63, 3.8) is 0 Å². The molecule has 0 atom stereocenters. The number of H-pyrrole nitrogens is 1. The number of aryl methyl sites for hydroxylation is 1. The van der Waals surface area contributed by atoms with E-state index in [0.717, 1.165) is 33.0 Å². The van der Waals surface area contributed by atoms with E-state index in [-0.39, 0.29) is 15.6 Å². The maximum Gasteiger partial charge on any atom is 0.333 e. The SMILES string of the molecule is Cc1ccc(S(=O)(=O)NC(=O)Nc2ccc(-n3c(=O)[nH]c4cc(NCCN(C)C)ccc4c3=O)cc2)s1. The van der Waals surface area contributed by atoms with Crippen LogP contribution in [0, 0.1) is 6.92 Å². The molecule has 0 saturated carbocycles. The van der Waals surface area contributed by atoms with E-state index in [9.17, 15) is 22.8 Å². The largest absolute Gasteiger partial charge is 0.384 e. The van der Waals surface area contributed by atoms with Gasteiger partial charge in [-0.15, -0.1) is 11.3 Å². The Balaban J connectivity index is 1.51. The van der Waals surface area contributed by atoms with Crippen molar-refractivity contribution in [1.82, 2.24) is 19.2 Å². The van der Waals surface area contributed by atoms with Crippen LogP contribution < -0.4 is 26.6 Å². The van der Waals surface area contributed by atoms with Crippen molar-refractivity contribution in [3.05, 3.63) is 80.3 Å². The number of urea groups is 1. The Morgan fingerprint density at radius 2 is 1.73 bits per heavy atom. The Hall–Kier alpha value is -3.94. The average Bonchev–Trinajstić information content (AvgIpc) is 3.27. The van der Waals surface area contributed by atoms with Gasteiger partial charge in [0.05, 0.1) is 16.6 Å². The molecule has 0 aliphatic heterocycles. The molecule has 0 radical (unpaired) electrons. The van der Waals surface area contributed by atoms with Gasteiger partial charge in [-0.25, -0.2) is 27.3 Å². The lowest BCUT2D eigenvalue weighted by molar-refractivity contribution is 0.256. The predicted octanol–water partition coefficient (Wildman–Crippen LogP) is 2.53. The molecule has 11 nitrogen and oxygen atoms in total. The summed E-state index contributed by atoms with van der Waals surface area (Å²) in [6, 6.07) is 13.2. The first kappa shape index (κ1) is 26.1. The van der Waals surface area contributed by atoms with Crippen LogP contribution in [0.25, 0.3) is 16.6 Å². The number of carbonyl (C=O) groups is 1. The molecule has 0 aliphatic rings. The number of aromatic amines is 1. The highest BCUT2D eigenvalue weighted by Gasteiger charge is 2.19. The molecular formula is C24H26N6O5S2. The van der Waals surface area contributed by atoms with Crippen molar-refractivity contribution < 1.29 is 13.2 Å². The molecule has 0 bridgehead atoms. The lowest BCUT2D eigenvalue weighted by Gasteiger charge is -2.12. The van der Waals surface area contributed by atoms with Crippen molar-refractivity contribution >= 4 is 49.7 Å². The van der Waals surface area contributed by atoms with E-state index in [4.69, 9.17) is 0 Å². The van der Waals surface area contributed by atoms with Gasteiger partial charge in [-0.2, -0.15) is 0 Å². The monoisotopic (exact) mass is 542 g/mol. The molecule has 4 rings (SSSR count). The van der Waals surface area contributed by atoms with Crippen molar-refractivity contribution in [2.75, 3.05) is 37.8 Å². The van der Waals surface area contributed by atoms with Crippen LogP contribution in [0.5, 0.6) is 0 Å². The van der Waals surface area contributed by atoms with Crippen LogP contribution in [0.2, 0.25) is 0 Å². The van der Waals surface area contributed by atoms with Gasteiger partial charge < -0.3 is 20.5 Å². The molecule has 0 spiro atoms. The third-order valence-corrected chi connectivity index (χ3v) is 8.20. The zero-order chi connectivity index (χ0) is 26.7. The Morgan fingerprint density at radius 1 is 1.03 bits per heavy atom. The van der Waals surface area contributed by atoms with Crippen LogP contribution in [0.4, 0.5) is 16.2 Å². The van der Waals surface area contributed by atoms with E-state index in [0.29, 0.717) is 17.4 Å². The van der Waals surface area contributed by atoms with Crippen molar-refractivity contribution in [2.24, 2.45) is 0 Å². The zero-order valence-electron chi connectivity index (χ0n) is 20.4. The fourth-order valence-corrected chi connectivity index (χ4v) is 5.76. The van der Waals surface area contributed by atoms with E-state index >= 15 is 0 Å². The zero-order valence-corrected chi connectivity index (χ0v) is 22.0. The van der Waals surface area contributed by atoms with E-state index in [1.54, 1.807) is 31.2 Å². The number of anilines is 2. The topological polar surface area (TPSA) is 145 Å². The van der Waals surface area contributed by atoms with Crippen molar-refractivity contribution in [2.45, 2.75) is 11.1 Å². The molecule has 2 aromatic heterocycles. The number of amides is 2. The first-order chi connectivity index (χ1) is 17.5. The number of thiophene rings is 1.